The van der Waals surface area contributed by atoms with Crippen LogP contribution in [0.1, 0.15) is 29.9 Å². The first kappa shape index (κ1) is 21.3. The molecule has 1 aliphatic heterocycles. The molecule has 1 N–H and O–H groups in total. The van der Waals surface area contributed by atoms with Gasteiger partial charge in [-0.15, -0.1) is 0 Å². The highest BCUT2D eigenvalue weighted by molar-refractivity contribution is 6.51. The number of carbonyl (C=O) groups is 2. The molecular weight excluding hydrogens is 420 g/mol. The van der Waals surface area contributed by atoms with Gasteiger partial charge in [-0.05, 0) is 61.9 Å². The van der Waals surface area contributed by atoms with Crippen molar-refractivity contribution < 1.29 is 32.6 Å². The van der Waals surface area contributed by atoms with Gasteiger partial charge in [-0.3, -0.25) is 14.5 Å². The average Bonchev–Trinajstić information content (AvgIpc) is 3.38. The van der Waals surface area contributed by atoms with E-state index in [1.54, 1.807) is 31.2 Å². The Morgan fingerprint density at radius 2 is 1.91 bits per heavy atom. The summed E-state index contributed by atoms with van der Waals surface area (Å²) in [5.74, 6) is -3.86. The molecule has 8 heteroatoms. The van der Waals surface area contributed by atoms with Crippen LogP contribution in [0.4, 0.5) is 14.5 Å². The average molecular weight is 439 g/mol. The highest BCUT2D eigenvalue weighted by atomic mass is 19.2. The summed E-state index contributed by atoms with van der Waals surface area (Å²) in [6.45, 7) is 4.09. The van der Waals surface area contributed by atoms with Gasteiger partial charge >= 0.3 is 0 Å². The Bertz CT molecular complexity index is 1230. The van der Waals surface area contributed by atoms with E-state index in [4.69, 9.17) is 9.15 Å². The van der Waals surface area contributed by atoms with Crippen LogP contribution in [-0.2, 0) is 9.59 Å². The van der Waals surface area contributed by atoms with Crippen molar-refractivity contribution in [3.8, 4) is 5.75 Å². The van der Waals surface area contributed by atoms with E-state index in [9.17, 15) is 23.5 Å². The number of aliphatic hydroxyl groups excluding tert-OH is 1. The lowest BCUT2D eigenvalue weighted by molar-refractivity contribution is -0.132. The fourth-order valence-corrected chi connectivity index (χ4v) is 3.72. The van der Waals surface area contributed by atoms with E-state index in [2.05, 4.69) is 0 Å². The summed E-state index contributed by atoms with van der Waals surface area (Å²) < 4.78 is 38.3. The topological polar surface area (TPSA) is 80.0 Å². The van der Waals surface area contributed by atoms with Crippen LogP contribution in [0.25, 0.3) is 5.76 Å². The maximum atomic E-state index is 13.9. The third-order valence-electron chi connectivity index (χ3n) is 5.19. The fraction of sp³-hybridized carbons (Fsp3) is 0.167. The Balaban J connectivity index is 1.88. The van der Waals surface area contributed by atoms with Crippen LogP contribution in [0.3, 0.4) is 0 Å². The van der Waals surface area contributed by atoms with Crippen LogP contribution in [0.5, 0.6) is 5.75 Å². The van der Waals surface area contributed by atoms with Crippen molar-refractivity contribution in [1.29, 1.82) is 0 Å². The summed E-state index contributed by atoms with van der Waals surface area (Å²) >= 11 is 0. The second-order valence-electron chi connectivity index (χ2n) is 7.20. The third kappa shape index (κ3) is 3.53. The van der Waals surface area contributed by atoms with Gasteiger partial charge in [-0.2, -0.15) is 0 Å². The number of amides is 1. The number of aryl methyl sites for hydroxylation is 1. The number of ketones is 1. The van der Waals surface area contributed by atoms with Crippen LogP contribution < -0.4 is 9.64 Å². The molecule has 32 heavy (non-hydrogen) atoms. The lowest BCUT2D eigenvalue weighted by atomic mass is 9.98. The summed E-state index contributed by atoms with van der Waals surface area (Å²) in [5.41, 5.74) is 0.749. The zero-order chi connectivity index (χ0) is 23.0. The largest absolute Gasteiger partial charge is 0.507 e. The number of ether oxygens (including phenoxy) is 1. The van der Waals surface area contributed by atoms with Gasteiger partial charge in [0.15, 0.2) is 11.6 Å². The molecule has 1 saturated heterocycles. The van der Waals surface area contributed by atoms with Crippen LogP contribution in [-0.4, -0.2) is 23.4 Å². The van der Waals surface area contributed by atoms with Crippen molar-refractivity contribution in [3.63, 3.8) is 0 Å². The van der Waals surface area contributed by atoms with Crippen LogP contribution in [0, 0.1) is 18.6 Å². The van der Waals surface area contributed by atoms with Gasteiger partial charge < -0.3 is 14.3 Å². The monoisotopic (exact) mass is 439 g/mol. The summed E-state index contributed by atoms with van der Waals surface area (Å²) in [6, 6.07) is 9.63. The molecule has 0 bridgehead atoms. The zero-order valence-electron chi connectivity index (χ0n) is 17.3. The second kappa shape index (κ2) is 8.30. The molecule has 0 radical (unpaired) electrons. The Morgan fingerprint density at radius 3 is 2.53 bits per heavy atom. The summed E-state index contributed by atoms with van der Waals surface area (Å²) in [7, 11) is 0. The molecule has 3 aromatic rings. The molecule has 0 spiro atoms. The molecule has 2 aromatic carbocycles. The highest BCUT2D eigenvalue weighted by Crippen LogP contribution is 2.42. The molecule has 1 unspecified atom stereocenters. The standard InChI is InChI=1S/C24H19F2NO5/c1-3-31-18-9-6-14(11-13(18)2)22(28)20-21(19-5-4-10-32-19)27(24(30)23(20)29)15-7-8-16(25)17(26)12-15/h4-12,21,28H,3H2,1-2H3/b22-20-. The number of furan rings is 1. The minimum absolute atomic E-state index is 0.0469. The van der Waals surface area contributed by atoms with Gasteiger partial charge in [0.05, 0.1) is 18.4 Å². The van der Waals surface area contributed by atoms with Gasteiger partial charge in [0.2, 0.25) is 0 Å². The first-order chi connectivity index (χ1) is 15.3. The highest BCUT2D eigenvalue weighted by Gasteiger charge is 2.48. The fourth-order valence-electron chi connectivity index (χ4n) is 3.72. The molecule has 6 nitrogen and oxygen atoms in total. The number of benzene rings is 2. The number of nitrogens with zero attached hydrogens (tertiary/aromatic N) is 1. The van der Waals surface area contributed by atoms with Crippen molar-refractivity contribution >= 4 is 23.1 Å². The van der Waals surface area contributed by atoms with E-state index >= 15 is 0 Å². The smallest absolute Gasteiger partial charge is 0.300 e. The maximum absolute atomic E-state index is 13.9. The quantitative estimate of drug-likeness (QED) is 0.348. The van der Waals surface area contributed by atoms with Gasteiger partial charge in [0.25, 0.3) is 11.7 Å². The molecule has 1 aliphatic rings. The molecular formula is C24H19F2NO5. The molecule has 1 atom stereocenters. The van der Waals surface area contributed by atoms with Crippen molar-refractivity contribution in [2.45, 2.75) is 19.9 Å². The molecule has 0 aliphatic carbocycles. The summed E-state index contributed by atoms with van der Waals surface area (Å²) in [6.07, 6.45) is 1.35. The van der Waals surface area contributed by atoms with E-state index < -0.39 is 35.1 Å². The van der Waals surface area contributed by atoms with E-state index in [-0.39, 0.29) is 17.0 Å². The van der Waals surface area contributed by atoms with Gasteiger partial charge in [-0.25, -0.2) is 8.78 Å². The van der Waals surface area contributed by atoms with E-state index in [1.165, 1.54) is 18.4 Å². The molecule has 0 saturated carbocycles. The molecule has 4 rings (SSSR count). The third-order valence-corrected chi connectivity index (χ3v) is 5.19. The van der Waals surface area contributed by atoms with Crippen LogP contribution in [0.2, 0.25) is 0 Å². The Labute approximate surface area is 182 Å². The Kier molecular flexibility index (Phi) is 5.52. The SMILES string of the molecule is CCOc1ccc(/C(O)=C2/C(=O)C(=O)N(c3ccc(F)c(F)c3)C2c2ccco2)cc1C. The Hall–Kier alpha value is -3.94. The number of anilines is 1. The number of halogens is 2. The van der Waals surface area contributed by atoms with Gasteiger partial charge in [0, 0.05) is 17.3 Å². The van der Waals surface area contributed by atoms with E-state index in [1.807, 2.05) is 6.92 Å². The number of Topliss-reactive ketones (excluding diaryl/α,β-unsaturated/α-hetero) is 1. The predicted octanol–water partition coefficient (Wildman–Crippen LogP) is 4.89. The molecule has 2 heterocycles. The van der Waals surface area contributed by atoms with Crippen LogP contribution in [0.15, 0.2) is 64.8 Å². The van der Waals surface area contributed by atoms with Crippen molar-refractivity contribution in [3.05, 3.63) is 88.9 Å². The van der Waals surface area contributed by atoms with Crippen LogP contribution >= 0.6 is 0 Å². The molecule has 1 aromatic heterocycles. The first-order valence-electron chi connectivity index (χ1n) is 9.86. The molecule has 164 valence electrons. The number of hydrogen-bond acceptors (Lipinski definition) is 5. The number of hydrogen-bond donors (Lipinski definition) is 1. The first-order valence-corrected chi connectivity index (χ1v) is 9.86. The number of carbonyl (C=O) groups excluding carboxylic acids is 2. The lowest BCUT2D eigenvalue weighted by Gasteiger charge is -2.23. The molecule has 1 amide bonds. The maximum Gasteiger partial charge on any atom is 0.300 e. The summed E-state index contributed by atoms with van der Waals surface area (Å²) in [5, 5.41) is 11.0. The van der Waals surface area contributed by atoms with Gasteiger partial charge in [-0.1, -0.05) is 0 Å². The van der Waals surface area contributed by atoms with E-state index in [0.717, 1.165) is 22.6 Å². The van der Waals surface area contributed by atoms with Crippen molar-refractivity contribution in [2.24, 2.45) is 0 Å². The normalized spacial score (nSPS) is 17.8. The van der Waals surface area contributed by atoms with Crippen molar-refractivity contribution in [1.82, 2.24) is 0 Å². The minimum Gasteiger partial charge on any atom is -0.507 e. The Morgan fingerprint density at radius 1 is 1.12 bits per heavy atom. The summed E-state index contributed by atoms with van der Waals surface area (Å²) in [4.78, 5) is 26.9. The minimum atomic E-state index is -1.18. The van der Waals surface area contributed by atoms with Gasteiger partial charge in [0.1, 0.15) is 23.3 Å². The second-order valence-corrected chi connectivity index (χ2v) is 7.20. The number of aliphatic hydroxyl groups is 1. The predicted molar refractivity (Wildman–Crippen MR) is 112 cm³/mol. The number of rotatable bonds is 5. The van der Waals surface area contributed by atoms with Crippen molar-refractivity contribution in [2.75, 3.05) is 11.5 Å². The zero-order valence-corrected chi connectivity index (χ0v) is 17.3. The van der Waals surface area contributed by atoms with E-state index in [0.29, 0.717) is 17.9 Å². The molecule has 1 fully saturated rings. The lowest BCUT2D eigenvalue weighted by Crippen LogP contribution is -2.29.